The van der Waals surface area contributed by atoms with Crippen molar-refractivity contribution < 1.29 is 4.79 Å². The normalized spacial score (nSPS) is 11.9. The Kier molecular flexibility index (Phi) is 3.80. The van der Waals surface area contributed by atoms with Gasteiger partial charge in [-0.1, -0.05) is 24.3 Å². The van der Waals surface area contributed by atoms with Crippen LogP contribution in [0.1, 0.15) is 18.5 Å². The minimum absolute atomic E-state index is 0.185. The summed E-state index contributed by atoms with van der Waals surface area (Å²) in [6.07, 6.45) is 1.62. The smallest absolute Gasteiger partial charge is 0.251 e. The Morgan fingerprint density at radius 1 is 1.16 bits per heavy atom. The second-order valence-corrected chi connectivity index (χ2v) is 4.43. The van der Waals surface area contributed by atoms with Crippen LogP contribution in [0.25, 0.3) is 0 Å². The molecule has 1 aromatic carbocycles. The molecule has 2 rings (SSSR count). The number of benzene rings is 1. The van der Waals surface area contributed by atoms with E-state index in [1.54, 1.807) is 25.3 Å². The van der Waals surface area contributed by atoms with E-state index in [4.69, 9.17) is 0 Å². The van der Waals surface area contributed by atoms with E-state index in [1.165, 1.54) is 10.6 Å². The van der Waals surface area contributed by atoms with Crippen LogP contribution in [0.4, 0.5) is 5.69 Å². The van der Waals surface area contributed by atoms with Gasteiger partial charge in [0.2, 0.25) is 5.91 Å². The quantitative estimate of drug-likeness (QED) is 0.916. The fourth-order valence-electron chi connectivity index (χ4n) is 1.84. The van der Waals surface area contributed by atoms with Crippen molar-refractivity contribution >= 4 is 11.6 Å². The number of aromatic nitrogens is 1. The Morgan fingerprint density at radius 3 is 2.53 bits per heavy atom. The lowest BCUT2D eigenvalue weighted by Crippen LogP contribution is -2.30. The summed E-state index contributed by atoms with van der Waals surface area (Å²) in [5.41, 5.74) is 1.57. The van der Waals surface area contributed by atoms with E-state index in [2.05, 4.69) is 5.32 Å². The highest BCUT2D eigenvalue weighted by atomic mass is 16.2. The summed E-state index contributed by atoms with van der Waals surface area (Å²) in [5, 5.41) is 2.84. The summed E-state index contributed by atoms with van der Waals surface area (Å²) in [4.78, 5) is 23.8. The van der Waals surface area contributed by atoms with Crippen LogP contribution in [0, 0.1) is 6.92 Å². The highest BCUT2D eigenvalue weighted by Gasteiger charge is 2.16. The predicted octanol–water partition coefficient (Wildman–Crippen LogP) is 2.36. The maximum Gasteiger partial charge on any atom is 0.251 e. The maximum atomic E-state index is 12.1. The number of amides is 1. The van der Waals surface area contributed by atoms with Gasteiger partial charge in [-0.25, -0.2) is 0 Å². The molecule has 4 nitrogen and oxygen atoms in total. The Bertz CT molecular complexity index is 646. The fourth-order valence-corrected chi connectivity index (χ4v) is 1.84. The van der Waals surface area contributed by atoms with Crippen LogP contribution < -0.4 is 10.9 Å². The zero-order valence-corrected chi connectivity index (χ0v) is 11.0. The van der Waals surface area contributed by atoms with Crippen molar-refractivity contribution in [2.75, 3.05) is 5.32 Å². The van der Waals surface area contributed by atoms with Gasteiger partial charge < -0.3 is 9.88 Å². The summed E-state index contributed by atoms with van der Waals surface area (Å²) >= 11 is 0. The first-order chi connectivity index (χ1) is 9.09. The lowest BCUT2D eigenvalue weighted by atomic mass is 10.2. The van der Waals surface area contributed by atoms with Crippen LogP contribution in [-0.4, -0.2) is 10.5 Å². The average Bonchev–Trinajstić information content (AvgIpc) is 2.41. The highest BCUT2D eigenvalue weighted by molar-refractivity contribution is 5.94. The first-order valence-electron chi connectivity index (χ1n) is 6.13. The number of nitrogens with zero attached hydrogens (tertiary/aromatic N) is 1. The van der Waals surface area contributed by atoms with Crippen molar-refractivity contribution in [3.8, 4) is 0 Å². The Hall–Kier alpha value is -2.36. The number of rotatable bonds is 3. The molecule has 0 bridgehead atoms. The van der Waals surface area contributed by atoms with Crippen molar-refractivity contribution in [2.45, 2.75) is 19.9 Å². The molecule has 1 amide bonds. The van der Waals surface area contributed by atoms with Crippen molar-refractivity contribution in [1.82, 2.24) is 4.57 Å². The van der Waals surface area contributed by atoms with E-state index in [1.807, 2.05) is 31.2 Å². The SMILES string of the molecule is Cc1ccccc1NC(=O)C(C)n1ccccc1=O. The number of para-hydroxylation sites is 1. The van der Waals surface area contributed by atoms with Gasteiger partial charge in [0.25, 0.3) is 5.56 Å². The molecule has 4 heteroatoms. The van der Waals surface area contributed by atoms with E-state index < -0.39 is 6.04 Å². The number of hydrogen-bond acceptors (Lipinski definition) is 2. The third-order valence-electron chi connectivity index (χ3n) is 3.05. The molecule has 0 aliphatic carbocycles. The topological polar surface area (TPSA) is 51.1 Å². The second kappa shape index (κ2) is 5.52. The van der Waals surface area contributed by atoms with E-state index in [0.29, 0.717) is 0 Å². The van der Waals surface area contributed by atoms with Gasteiger partial charge in [-0.2, -0.15) is 0 Å². The molecular formula is C15H16N2O2. The Labute approximate surface area is 111 Å². The molecule has 1 N–H and O–H groups in total. The van der Waals surface area contributed by atoms with Crippen molar-refractivity contribution in [2.24, 2.45) is 0 Å². The summed E-state index contributed by atoms with van der Waals surface area (Å²) in [7, 11) is 0. The molecular weight excluding hydrogens is 240 g/mol. The van der Waals surface area contributed by atoms with Crippen LogP contribution in [0.2, 0.25) is 0 Å². The highest BCUT2D eigenvalue weighted by Crippen LogP contribution is 2.15. The zero-order chi connectivity index (χ0) is 13.8. The third kappa shape index (κ3) is 2.91. The number of carbonyl (C=O) groups is 1. The standard InChI is InChI=1S/C15H16N2O2/c1-11-7-3-4-8-13(11)16-15(19)12(2)17-10-6-5-9-14(17)18/h3-10,12H,1-2H3,(H,16,19). The largest absolute Gasteiger partial charge is 0.324 e. The first kappa shape index (κ1) is 13.1. The van der Waals surface area contributed by atoms with Gasteiger partial charge in [0.05, 0.1) is 0 Å². The van der Waals surface area contributed by atoms with Crippen LogP contribution in [-0.2, 0) is 4.79 Å². The zero-order valence-electron chi connectivity index (χ0n) is 11.0. The molecule has 0 spiro atoms. The predicted molar refractivity (Wildman–Crippen MR) is 75.2 cm³/mol. The summed E-state index contributed by atoms with van der Waals surface area (Å²) in [5.74, 6) is -0.206. The van der Waals surface area contributed by atoms with Gasteiger partial charge in [-0.3, -0.25) is 9.59 Å². The number of aryl methyl sites for hydroxylation is 1. The molecule has 0 aliphatic heterocycles. The molecule has 1 heterocycles. The van der Waals surface area contributed by atoms with Gasteiger partial charge in [0.1, 0.15) is 6.04 Å². The fraction of sp³-hybridized carbons (Fsp3) is 0.200. The van der Waals surface area contributed by atoms with Crippen LogP contribution in [0.5, 0.6) is 0 Å². The van der Waals surface area contributed by atoms with E-state index in [-0.39, 0.29) is 11.5 Å². The molecule has 1 atom stereocenters. The molecule has 1 unspecified atom stereocenters. The van der Waals surface area contributed by atoms with Crippen molar-refractivity contribution in [3.05, 3.63) is 64.6 Å². The Morgan fingerprint density at radius 2 is 1.84 bits per heavy atom. The minimum atomic E-state index is -0.548. The van der Waals surface area contributed by atoms with Gasteiger partial charge in [0, 0.05) is 18.0 Å². The number of carbonyl (C=O) groups excluding carboxylic acids is 1. The van der Waals surface area contributed by atoms with Crippen molar-refractivity contribution in [3.63, 3.8) is 0 Å². The molecule has 98 valence electrons. The number of hydrogen-bond donors (Lipinski definition) is 1. The van der Waals surface area contributed by atoms with Gasteiger partial charge in [0.15, 0.2) is 0 Å². The molecule has 19 heavy (non-hydrogen) atoms. The summed E-state index contributed by atoms with van der Waals surface area (Å²) < 4.78 is 1.41. The van der Waals surface area contributed by atoms with Crippen molar-refractivity contribution in [1.29, 1.82) is 0 Å². The van der Waals surface area contributed by atoms with E-state index in [9.17, 15) is 9.59 Å². The van der Waals surface area contributed by atoms with Gasteiger partial charge in [-0.15, -0.1) is 0 Å². The number of pyridine rings is 1. The molecule has 2 aromatic rings. The van der Waals surface area contributed by atoms with Gasteiger partial charge >= 0.3 is 0 Å². The molecule has 0 radical (unpaired) electrons. The monoisotopic (exact) mass is 256 g/mol. The minimum Gasteiger partial charge on any atom is -0.324 e. The Balaban J connectivity index is 2.19. The lowest BCUT2D eigenvalue weighted by Gasteiger charge is -2.15. The van der Waals surface area contributed by atoms with Crippen LogP contribution in [0.15, 0.2) is 53.5 Å². The molecule has 0 saturated heterocycles. The molecule has 1 aromatic heterocycles. The third-order valence-corrected chi connectivity index (χ3v) is 3.05. The number of anilines is 1. The summed E-state index contributed by atoms with van der Waals surface area (Å²) in [6.45, 7) is 3.63. The molecule has 0 aliphatic rings. The second-order valence-electron chi connectivity index (χ2n) is 4.43. The lowest BCUT2D eigenvalue weighted by molar-refractivity contribution is -0.118. The first-order valence-corrected chi connectivity index (χ1v) is 6.13. The molecule has 0 saturated carbocycles. The summed E-state index contributed by atoms with van der Waals surface area (Å²) in [6, 6.07) is 11.8. The number of nitrogens with one attached hydrogen (secondary N) is 1. The van der Waals surface area contributed by atoms with Gasteiger partial charge in [-0.05, 0) is 31.5 Å². The van der Waals surface area contributed by atoms with E-state index in [0.717, 1.165) is 11.3 Å². The maximum absolute atomic E-state index is 12.1. The molecule has 0 fully saturated rings. The van der Waals surface area contributed by atoms with E-state index >= 15 is 0 Å². The van der Waals surface area contributed by atoms with Crippen LogP contribution in [0.3, 0.4) is 0 Å². The van der Waals surface area contributed by atoms with Crippen LogP contribution >= 0.6 is 0 Å². The average molecular weight is 256 g/mol.